The zero-order valence-electron chi connectivity index (χ0n) is 10.1. The van der Waals surface area contributed by atoms with Crippen molar-refractivity contribution in [3.05, 3.63) is 0 Å². The van der Waals surface area contributed by atoms with Gasteiger partial charge in [0.05, 0.1) is 0 Å². The van der Waals surface area contributed by atoms with Gasteiger partial charge >= 0.3 is 0 Å². The fraction of sp³-hybridized carbons (Fsp3) is 0.923. The highest BCUT2D eigenvalue weighted by Gasteiger charge is 2.35. The highest BCUT2D eigenvalue weighted by atomic mass is 16.1. The third-order valence-corrected chi connectivity index (χ3v) is 4.19. The third kappa shape index (κ3) is 2.41. The molecule has 0 bridgehead atoms. The molecule has 2 fully saturated rings. The SMILES string of the molecule is CC1(C)CCCN1CC1CCCCC1=O. The largest absolute Gasteiger partial charge is 0.299 e. The van der Waals surface area contributed by atoms with Crippen LogP contribution in [-0.2, 0) is 4.79 Å². The number of rotatable bonds is 2. The Morgan fingerprint density at radius 2 is 2.13 bits per heavy atom. The van der Waals surface area contributed by atoms with E-state index < -0.39 is 0 Å². The fourth-order valence-electron chi connectivity index (χ4n) is 3.02. The predicted molar refractivity (Wildman–Crippen MR) is 61.9 cm³/mol. The summed E-state index contributed by atoms with van der Waals surface area (Å²) in [5, 5.41) is 0. The van der Waals surface area contributed by atoms with Gasteiger partial charge in [0.25, 0.3) is 0 Å². The molecule has 2 aliphatic rings. The van der Waals surface area contributed by atoms with Crippen molar-refractivity contribution >= 4 is 5.78 Å². The lowest BCUT2D eigenvalue weighted by Crippen LogP contribution is -2.43. The maximum atomic E-state index is 11.8. The Balaban J connectivity index is 1.93. The van der Waals surface area contributed by atoms with Gasteiger partial charge in [0.15, 0.2) is 0 Å². The molecule has 15 heavy (non-hydrogen) atoms. The summed E-state index contributed by atoms with van der Waals surface area (Å²) < 4.78 is 0. The van der Waals surface area contributed by atoms with Crippen LogP contribution in [0.4, 0.5) is 0 Å². The van der Waals surface area contributed by atoms with E-state index in [1.165, 1.54) is 25.8 Å². The molecule has 0 aromatic heterocycles. The van der Waals surface area contributed by atoms with Gasteiger partial charge in [-0.1, -0.05) is 6.42 Å². The van der Waals surface area contributed by atoms with Gasteiger partial charge in [0.2, 0.25) is 0 Å². The van der Waals surface area contributed by atoms with E-state index in [0.29, 0.717) is 17.2 Å². The molecule has 1 saturated carbocycles. The Kier molecular flexibility index (Phi) is 3.15. The molecule has 1 atom stereocenters. The monoisotopic (exact) mass is 209 g/mol. The number of Topliss-reactive ketones (excluding diaryl/α,β-unsaturated/α-hetero) is 1. The molecule has 2 nitrogen and oxygen atoms in total. The van der Waals surface area contributed by atoms with Gasteiger partial charge in [0, 0.05) is 24.4 Å². The third-order valence-electron chi connectivity index (χ3n) is 4.19. The standard InChI is InChI=1S/C13H23NO/c1-13(2)8-5-9-14(13)10-11-6-3-4-7-12(11)15/h11H,3-10H2,1-2H3. The van der Waals surface area contributed by atoms with Gasteiger partial charge in [0.1, 0.15) is 5.78 Å². The van der Waals surface area contributed by atoms with Crippen molar-refractivity contribution in [2.24, 2.45) is 5.92 Å². The van der Waals surface area contributed by atoms with Gasteiger partial charge in [-0.25, -0.2) is 0 Å². The smallest absolute Gasteiger partial charge is 0.137 e. The Bertz CT molecular complexity index is 247. The highest BCUT2D eigenvalue weighted by Crippen LogP contribution is 2.31. The summed E-state index contributed by atoms with van der Waals surface area (Å²) in [6, 6.07) is 0. The lowest BCUT2D eigenvalue weighted by Gasteiger charge is -2.35. The van der Waals surface area contributed by atoms with E-state index in [9.17, 15) is 4.79 Å². The molecule has 0 aromatic carbocycles. The van der Waals surface area contributed by atoms with Gasteiger partial charge < -0.3 is 0 Å². The van der Waals surface area contributed by atoms with Crippen molar-refractivity contribution in [3.63, 3.8) is 0 Å². The lowest BCUT2D eigenvalue weighted by atomic mass is 9.87. The van der Waals surface area contributed by atoms with E-state index in [1.807, 2.05) is 0 Å². The molecule has 2 heteroatoms. The van der Waals surface area contributed by atoms with E-state index in [1.54, 1.807) is 0 Å². The molecule has 0 amide bonds. The Morgan fingerprint density at radius 3 is 2.73 bits per heavy atom. The number of nitrogens with zero attached hydrogens (tertiary/aromatic N) is 1. The maximum absolute atomic E-state index is 11.8. The molecule has 0 aromatic rings. The number of carbonyl (C=O) groups is 1. The van der Waals surface area contributed by atoms with Crippen LogP contribution in [0.25, 0.3) is 0 Å². The van der Waals surface area contributed by atoms with E-state index in [0.717, 1.165) is 25.8 Å². The molecule has 1 unspecified atom stereocenters. The van der Waals surface area contributed by atoms with Crippen LogP contribution in [0.2, 0.25) is 0 Å². The van der Waals surface area contributed by atoms with Crippen molar-refractivity contribution in [2.45, 2.75) is 57.9 Å². The van der Waals surface area contributed by atoms with Gasteiger partial charge in [-0.15, -0.1) is 0 Å². The molecule has 0 radical (unpaired) electrons. The number of ketones is 1. The van der Waals surface area contributed by atoms with Crippen molar-refractivity contribution in [1.82, 2.24) is 4.90 Å². The average molecular weight is 209 g/mol. The van der Waals surface area contributed by atoms with Crippen LogP contribution in [0.3, 0.4) is 0 Å². The summed E-state index contributed by atoms with van der Waals surface area (Å²) in [5.74, 6) is 0.861. The first-order valence-electron chi connectivity index (χ1n) is 6.37. The van der Waals surface area contributed by atoms with Gasteiger partial charge in [-0.3, -0.25) is 9.69 Å². The second-order valence-corrected chi connectivity index (χ2v) is 5.77. The first-order valence-corrected chi connectivity index (χ1v) is 6.37. The van der Waals surface area contributed by atoms with Crippen molar-refractivity contribution in [2.75, 3.05) is 13.1 Å². The summed E-state index contributed by atoms with van der Waals surface area (Å²) >= 11 is 0. The van der Waals surface area contributed by atoms with Crippen molar-refractivity contribution in [3.8, 4) is 0 Å². The number of hydrogen-bond donors (Lipinski definition) is 0. The van der Waals surface area contributed by atoms with Gasteiger partial charge in [-0.2, -0.15) is 0 Å². The summed E-state index contributed by atoms with van der Waals surface area (Å²) in [6.45, 7) is 6.84. The molecule has 86 valence electrons. The fourth-order valence-corrected chi connectivity index (χ4v) is 3.02. The highest BCUT2D eigenvalue weighted by molar-refractivity contribution is 5.81. The second kappa shape index (κ2) is 4.25. The summed E-state index contributed by atoms with van der Waals surface area (Å²) in [4.78, 5) is 14.3. The number of carbonyl (C=O) groups excluding carboxylic acids is 1. The maximum Gasteiger partial charge on any atom is 0.137 e. The first-order chi connectivity index (χ1) is 7.09. The molecule has 2 rings (SSSR count). The summed E-state index contributed by atoms with van der Waals surface area (Å²) in [7, 11) is 0. The van der Waals surface area contributed by atoms with E-state index in [2.05, 4.69) is 18.7 Å². The van der Waals surface area contributed by atoms with E-state index in [4.69, 9.17) is 0 Å². The number of hydrogen-bond acceptors (Lipinski definition) is 2. The minimum absolute atomic E-state index is 0.331. The lowest BCUT2D eigenvalue weighted by molar-refractivity contribution is -0.125. The molecule has 1 aliphatic heterocycles. The molecule has 0 N–H and O–H groups in total. The topological polar surface area (TPSA) is 20.3 Å². The van der Waals surface area contributed by atoms with Crippen LogP contribution in [0.1, 0.15) is 52.4 Å². The van der Waals surface area contributed by atoms with Crippen LogP contribution in [-0.4, -0.2) is 29.3 Å². The normalized spacial score (nSPS) is 32.1. The molecule has 0 spiro atoms. The van der Waals surface area contributed by atoms with Crippen LogP contribution in [0.5, 0.6) is 0 Å². The number of likely N-dealkylation sites (tertiary alicyclic amines) is 1. The van der Waals surface area contributed by atoms with E-state index >= 15 is 0 Å². The predicted octanol–water partition coefficient (Wildman–Crippen LogP) is 2.62. The Hall–Kier alpha value is -0.370. The summed E-state index contributed by atoms with van der Waals surface area (Å²) in [6.07, 6.45) is 6.93. The van der Waals surface area contributed by atoms with Crippen LogP contribution in [0.15, 0.2) is 0 Å². The minimum atomic E-state index is 0.331. The molecular formula is C13H23NO. The average Bonchev–Trinajstić information content (AvgIpc) is 2.50. The first kappa shape index (κ1) is 11.1. The quantitative estimate of drug-likeness (QED) is 0.697. The molecule has 1 aliphatic carbocycles. The second-order valence-electron chi connectivity index (χ2n) is 5.77. The van der Waals surface area contributed by atoms with Crippen molar-refractivity contribution in [1.29, 1.82) is 0 Å². The zero-order valence-corrected chi connectivity index (χ0v) is 10.1. The van der Waals surface area contributed by atoms with E-state index in [-0.39, 0.29) is 0 Å². The van der Waals surface area contributed by atoms with Crippen molar-refractivity contribution < 1.29 is 4.79 Å². The molecular weight excluding hydrogens is 186 g/mol. The molecule has 1 heterocycles. The molecule has 1 saturated heterocycles. The minimum Gasteiger partial charge on any atom is -0.299 e. The van der Waals surface area contributed by atoms with Crippen LogP contribution < -0.4 is 0 Å². The Labute approximate surface area is 93.0 Å². The van der Waals surface area contributed by atoms with Gasteiger partial charge in [-0.05, 0) is 46.1 Å². The van der Waals surface area contributed by atoms with Crippen LogP contribution >= 0.6 is 0 Å². The Morgan fingerprint density at radius 1 is 1.33 bits per heavy atom. The zero-order chi connectivity index (χ0) is 10.9. The van der Waals surface area contributed by atoms with Crippen LogP contribution in [0, 0.1) is 5.92 Å². The summed E-state index contributed by atoms with van der Waals surface area (Å²) in [5.41, 5.74) is 0.331.